The quantitative estimate of drug-likeness (QED) is 0.712. The van der Waals surface area contributed by atoms with Crippen molar-refractivity contribution in [1.82, 2.24) is 9.97 Å². The fourth-order valence-electron chi connectivity index (χ4n) is 2.80. The molecular weight excluding hydrogens is 326 g/mol. The van der Waals surface area contributed by atoms with Crippen molar-refractivity contribution in [1.29, 1.82) is 0 Å². The Morgan fingerprint density at radius 2 is 2.17 bits per heavy atom. The molecule has 0 spiro atoms. The maximum Gasteiger partial charge on any atom is 0.261 e. The average molecular weight is 341 g/mol. The molecule has 0 bridgehead atoms. The number of ketones is 1. The third-order valence-corrected chi connectivity index (χ3v) is 5.09. The van der Waals surface area contributed by atoms with Gasteiger partial charge in [0.2, 0.25) is 5.95 Å². The molecule has 2 aromatic heterocycles. The summed E-state index contributed by atoms with van der Waals surface area (Å²) in [5, 5.41) is 3.57. The lowest BCUT2D eigenvalue weighted by Gasteiger charge is -2.11. The highest BCUT2D eigenvalue weighted by Gasteiger charge is 2.20. The van der Waals surface area contributed by atoms with Gasteiger partial charge in [-0.2, -0.15) is 0 Å². The molecule has 0 fully saturated rings. The van der Waals surface area contributed by atoms with E-state index in [1.807, 2.05) is 18.2 Å². The van der Waals surface area contributed by atoms with Gasteiger partial charge in [0.1, 0.15) is 4.83 Å². The predicted molar refractivity (Wildman–Crippen MR) is 92.9 cm³/mol. The third kappa shape index (κ3) is 2.72. The number of Topliss-reactive ketones (excluding diaryl/α,β-unsaturated/α-hetero) is 1. The Morgan fingerprint density at radius 1 is 1.33 bits per heavy atom. The molecular formula is C17H15N3O3S. The van der Waals surface area contributed by atoms with Crippen LogP contribution in [-0.4, -0.2) is 28.9 Å². The zero-order valence-electron chi connectivity index (χ0n) is 12.8. The van der Waals surface area contributed by atoms with Crippen molar-refractivity contribution in [2.45, 2.75) is 13.0 Å². The van der Waals surface area contributed by atoms with E-state index in [9.17, 15) is 9.59 Å². The van der Waals surface area contributed by atoms with Crippen molar-refractivity contribution in [3.05, 3.63) is 56.7 Å². The van der Waals surface area contributed by atoms with Gasteiger partial charge in [-0.05, 0) is 12.0 Å². The number of carbonyl (C=O) groups excluding carboxylic acids is 1. The number of thiophene rings is 1. The summed E-state index contributed by atoms with van der Waals surface area (Å²) in [6.45, 7) is 1.24. The Kier molecular flexibility index (Phi) is 3.87. The molecule has 122 valence electrons. The summed E-state index contributed by atoms with van der Waals surface area (Å²) in [5.74, 6) is 0.258. The van der Waals surface area contributed by atoms with Crippen LogP contribution in [0, 0.1) is 0 Å². The number of ether oxygens (including phenoxy) is 1. The lowest BCUT2D eigenvalue weighted by molar-refractivity contribution is 0.101. The molecule has 0 saturated heterocycles. The second-order valence-electron chi connectivity index (χ2n) is 5.54. The summed E-state index contributed by atoms with van der Waals surface area (Å²) in [5.41, 5.74) is 1.49. The zero-order chi connectivity index (χ0) is 16.5. The second kappa shape index (κ2) is 6.18. The van der Waals surface area contributed by atoms with E-state index < -0.39 is 0 Å². The normalized spacial score (nSPS) is 13.7. The molecule has 24 heavy (non-hydrogen) atoms. The van der Waals surface area contributed by atoms with Gasteiger partial charge in [-0.3, -0.25) is 14.6 Å². The first kappa shape index (κ1) is 15.0. The monoisotopic (exact) mass is 341 g/mol. The Balaban J connectivity index is 1.59. The van der Waals surface area contributed by atoms with E-state index in [0.29, 0.717) is 34.9 Å². The van der Waals surface area contributed by atoms with Gasteiger partial charge in [-0.25, -0.2) is 4.98 Å². The molecule has 0 amide bonds. The lowest BCUT2D eigenvalue weighted by atomic mass is 10.1. The van der Waals surface area contributed by atoms with E-state index in [2.05, 4.69) is 15.3 Å². The molecule has 2 N–H and O–H groups in total. The number of anilines is 1. The van der Waals surface area contributed by atoms with Gasteiger partial charge in [-0.1, -0.05) is 30.3 Å². The maximum absolute atomic E-state index is 12.4. The van der Waals surface area contributed by atoms with Crippen LogP contribution in [0.4, 0.5) is 5.95 Å². The number of H-pyrrole nitrogens is 1. The van der Waals surface area contributed by atoms with Crippen molar-refractivity contribution in [2.75, 3.05) is 18.5 Å². The van der Waals surface area contributed by atoms with E-state index >= 15 is 0 Å². The highest BCUT2D eigenvalue weighted by molar-refractivity contribution is 7.18. The van der Waals surface area contributed by atoms with Gasteiger partial charge in [0, 0.05) is 10.4 Å². The van der Waals surface area contributed by atoms with Crippen LogP contribution in [-0.2, 0) is 17.8 Å². The summed E-state index contributed by atoms with van der Waals surface area (Å²) >= 11 is 1.48. The minimum Gasteiger partial charge on any atom is -0.376 e. The highest BCUT2D eigenvalue weighted by atomic mass is 32.1. The van der Waals surface area contributed by atoms with Crippen molar-refractivity contribution >= 4 is 33.3 Å². The molecule has 6 nitrogen and oxygen atoms in total. The Labute approximate surface area is 141 Å². The number of nitrogens with zero attached hydrogens (tertiary/aromatic N) is 1. The van der Waals surface area contributed by atoms with E-state index in [0.717, 1.165) is 16.9 Å². The molecule has 4 rings (SSSR count). The summed E-state index contributed by atoms with van der Waals surface area (Å²) in [7, 11) is 0. The number of fused-ring (bicyclic) bond motifs is 3. The topological polar surface area (TPSA) is 84.1 Å². The number of aromatic amines is 1. The Bertz CT molecular complexity index is 962. The van der Waals surface area contributed by atoms with Gasteiger partial charge in [0.05, 0.1) is 25.1 Å². The minimum absolute atomic E-state index is 0.0581. The maximum atomic E-state index is 12.4. The molecule has 7 heteroatoms. The number of aromatic nitrogens is 2. The van der Waals surface area contributed by atoms with Crippen LogP contribution < -0.4 is 10.9 Å². The van der Waals surface area contributed by atoms with Crippen LogP contribution in [0.1, 0.15) is 20.8 Å². The summed E-state index contributed by atoms with van der Waals surface area (Å²) in [6, 6.07) is 9.02. The first-order chi connectivity index (χ1) is 11.7. The van der Waals surface area contributed by atoms with Crippen LogP contribution in [0.3, 0.4) is 0 Å². The third-order valence-electron chi connectivity index (χ3n) is 3.99. The van der Waals surface area contributed by atoms with Gasteiger partial charge in [0.15, 0.2) is 5.78 Å². The van der Waals surface area contributed by atoms with E-state index in [1.54, 1.807) is 12.1 Å². The van der Waals surface area contributed by atoms with Crippen molar-refractivity contribution in [2.24, 2.45) is 0 Å². The van der Waals surface area contributed by atoms with Gasteiger partial charge in [0.25, 0.3) is 5.56 Å². The first-order valence-electron chi connectivity index (χ1n) is 7.67. The standard InChI is InChI=1S/C17H15N3O3S/c21-12(10-4-2-1-3-5-10)8-18-17-19-15(22)14-11-6-7-23-9-13(11)24-16(14)20-17/h1-5H,6-9H2,(H2,18,19,20,22). The van der Waals surface area contributed by atoms with Crippen LogP contribution in [0.5, 0.6) is 0 Å². The van der Waals surface area contributed by atoms with Crippen LogP contribution in [0.15, 0.2) is 35.1 Å². The van der Waals surface area contributed by atoms with Crippen molar-refractivity contribution in [3.8, 4) is 0 Å². The molecule has 3 heterocycles. The smallest absolute Gasteiger partial charge is 0.261 e. The predicted octanol–water partition coefficient (Wildman–Crippen LogP) is 2.35. The number of benzene rings is 1. The van der Waals surface area contributed by atoms with E-state index in [4.69, 9.17) is 4.74 Å². The SMILES string of the molecule is O=C(CNc1nc2sc3c(c2c(=O)[nH]1)CCOC3)c1ccccc1. The molecule has 0 atom stereocenters. The highest BCUT2D eigenvalue weighted by Crippen LogP contribution is 2.31. The molecule has 1 aliphatic rings. The number of rotatable bonds is 4. The average Bonchev–Trinajstić information content (AvgIpc) is 2.99. The fourth-order valence-corrected chi connectivity index (χ4v) is 3.96. The number of nitrogens with one attached hydrogen (secondary N) is 2. The first-order valence-corrected chi connectivity index (χ1v) is 8.48. The van der Waals surface area contributed by atoms with Gasteiger partial charge in [-0.15, -0.1) is 11.3 Å². The molecule has 1 aliphatic heterocycles. The summed E-state index contributed by atoms with van der Waals surface area (Å²) in [6.07, 6.45) is 0.735. The lowest BCUT2D eigenvalue weighted by Crippen LogP contribution is -2.19. The van der Waals surface area contributed by atoms with Crippen molar-refractivity contribution < 1.29 is 9.53 Å². The number of hydrogen-bond donors (Lipinski definition) is 2. The van der Waals surface area contributed by atoms with Crippen LogP contribution in [0.2, 0.25) is 0 Å². The fraction of sp³-hybridized carbons (Fsp3) is 0.235. The van der Waals surface area contributed by atoms with Crippen LogP contribution in [0.25, 0.3) is 10.2 Å². The number of hydrogen-bond acceptors (Lipinski definition) is 6. The van der Waals surface area contributed by atoms with Gasteiger partial charge < -0.3 is 10.1 Å². The Morgan fingerprint density at radius 3 is 3.00 bits per heavy atom. The number of carbonyl (C=O) groups is 1. The molecule has 1 aromatic carbocycles. The van der Waals surface area contributed by atoms with E-state index in [-0.39, 0.29) is 17.9 Å². The van der Waals surface area contributed by atoms with Crippen molar-refractivity contribution in [3.63, 3.8) is 0 Å². The largest absolute Gasteiger partial charge is 0.376 e. The van der Waals surface area contributed by atoms with E-state index in [1.165, 1.54) is 11.3 Å². The zero-order valence-corrected chi connectivity index (χ0v) is 13.6. The summed E-state index contributed by atoms with van der Waals surface area (Å²) < 4.78 is 5.43. The minimum atomic E-state index is -0.172. The second-order valence-corrected chi connectivity index (χ2v) is 6.63. The molecule has 0 saturated carbocycles. The Hall–Kier alpha value is -2.51. The summed E-state index contributed by atoms with van der Waals surface area (Å²) in [4.78, 5) is 33.4. The molecule has 3 aromatic rings. The van der Waals surface area contributed by atoms with Gasteiger partial charge >= 0.3 is 0 Å². The molecule has 0 unspecified atom stereocenters. The molecule has 0 radical (unpaired) electrons. The molecule has 0 aliphatic carbocycles. The van der Waals surface area contributed by atoms with Crippen LogP contribution >= 0.6 is 11.3 Å².